The molecule has 0 aromatic rings. The molecule has 1 unspecified atom stereocenters. The van der Waals surface area contributed by atoms with E-state index in [4.69, 9.17) is 5.26 Å². The Kier molecular flexibility index (Phi) is 4.10. The lowest BCUT2D eigenvalue weighted by Crippen LogP contribution is -2.21. The van der Waals surface area contributed by atoms with E-state index in [1.54, 1.807) is 0 Å². The second-order valence-electron chi connectivity index (χ2n) is 3.65. The van der Waals surface area contributed by atoms with E-state index in [2.05, 4.69) is 17.9 Å². The molecule has 1 aliphatic rings. The summed E-state index contributed by atoms with van der Waals surface area (Å²) in [6.45, 7) is 5.68. The van der Waals surface area contributed by atoms with Crippen LogP contribution in [0.15, 0.2) is 0 Å². The Morgan fingerprint density at radius 1 is 1.58 bits per heavy atom. The standard InChI is InChI=1S/C10H18N2/c1-2-4-10-5-8-12(9-10)7-3-6-11/h10H,2-5,7-9H2,1H3. The van der Waals surface area contributed by atoms with Crippen molar-refractivity contribution in [2.75, 3.05) is 19.6 Å². The van der Waals surface area contributed by atoms with E-state index >= 15 is 0 Å². The zero-order chi connectivity index (χ0) is 8.81. The first kappa shape index (κ1) is 9.54. The summed E-state index contributed by atoms with van der Waals surface area (Å²) < 4.78 is 0. The molecule has 0 amide bonds. The van der Waals surface area contributed by atoms with Crippen molar-refractivity contribution in [3.05, 3.63) is 0 Å². The number of nitriles is 1. The molecule has 1 rings (SSSR count). The van der Waals surface area contributed by atoms with E-state index in [0.717, 1.165) is 12.5 Å². The van der Waals surface area contributed by atoms with E-state index in [-0.39, 0.29) is 0 Å². The van der Waals surface area contributed by atoms with Crippen LogP contribution in [-0.2, 0) is 0 Å². The largest absolute Gasteiger partial charge is 0.302 e. The summed E-state index contributed by atoms with van der Waals surface area (Å²) in [4.78, 5) is 2.42. The molecule has 1 fully saturated rings. The summed E-state index contributed by atoms with van der Waals surface area (Å²) in [5.74, 6) is 0.911. The van der Waals surface area contributed by atoms with Crippen molar-refractivity contribution in [3.63, 3.8) is 0 Å². The van der Waals surface area contributed by atoms with Gasteiger partial charge in [-0.2, -0.15) is 5.26 Å². The number of hydrogen-bond acceptors (Lipinski definition) is 2. The summed E-state index contributed by atoms with van der Waals surface area (Å²) in [5.41, 5.74) is 0. The molecule has 0 bridgehead atoms. The summed E-state index contributed by atoms with van der Waals surface area (Å²) in [6.07, 6.45) is 4.71. The SMILES string of the molecule is CCCC1CCN(CCC#N)C1. The van der Waals surface area contributed by atoms with Crippen LogP contribution in [0.2, 0.25) is 0 Å². The summed E-state index contributed by atoms with van der Waals surface area (Å²) in [5, 5.41) is 8.42. The zero-order valence-corrected chi connectivity index (χ0v) is 7.92. The van der Waals surface area contributed by atoms with Crippen LogP contribution in [0.3, 0.4) is 0 Å². The van der Waals surface area contributed by atoms with Gasteiger partial charge < -0.3 is 4.90 Å². The van der Waals surface area contributed by atoms with Gasteiger partial charge in [-0.3, -0.25) is 0 Å². The third kappa shape index (κ3) is 2.83. The molecule has 1 heterocycles. The molecule has 1 saturated heterocycles. The molecule has 0 radical (unpaired) electrons. The van der Waals surface area contributed by atoms with Gasteiger partial charge in [-0.25, -0.2) is 0 Å². The maximum absolute atomic E-state index is 8.42. The van der Waals surface area contributed by atoms with E-state index in [9.17, 15) is 0 Å². The maximum Gasteiger partial charge on any atom is 0.0635 e. The van der Waals surface area contributed by atoms with Gasteiger partial charge in [0.1, 0.15) is 0 Å². The third-order valence-electron chi connectivity index (χ3n) is 2.61. The van der Waals surface area contributed by atoms with Crippen molar-refractivity contribution in [2.45, 2.75) is 32.6 Å². The minimum atomic E-state index is 0.693. The van der Waals surface area contributed by atoms with Crippen molar-refractivity contribution < 1.29 is 0 Å². The van der Waals surface area contributed by atoms with Crippen molar-refractivity contribution in [2.24, 2.45) is 5.92 Å². The molecule has 68 valence electrons. The van der Waals surface area contributed by atoms with Gasteiger partial charge in [0.05, 0.1) is 6.07 Å². The highest BCUT2D eigenvalue weighted by Gasteiger charge is 2.20. The van der Waals surface area contributed by atoms with Crippen LogP contribution in [-0.4, -0.2) is 24.5 Å². The van der Waals surface area contributed by atoms with Gasteiger partial charge in [-0.15, -0.1) is 0 Å². The van der Waals surface area contributed by atoms with Crippen LogP contribution in [0.1, 0.15) is 32.6 Å². The quantitative estimate of drug-likeness (QED) is 0.639. The van der Waals surface area contributed by atoms with E-state index in [1.165, 1.54) is 32.4 Å². The predicted octanol–water partition coefficient (Wildman–Crippen LogP) is 2.02. The highest BCUT2D eigenvalue weighted by atomic mass is 15.1. The second-order valence-corrected chi connectivity index (χ2v) is 3.65. The normalized spacial score (nSPS) is 24.2. The van der Waals surface area contributed by atoms with Crippen LogP contribution in [0.25, 0.3) is 0 Å². The first-order valence-electron chi connectivity index (χ1n) is 4.96. The fraction of sp³-hybridized carbons (Fsp3) is 0.900. The molecule has 12 heavy (non-hydrogen) atoms. The van der Waals surface area contributed by atoms with Crippen molar-refractivity contribution in [1.82, 2.24) is 4.90 Å². The number of likely N-dealkylation sites (tertiary alicyclic amines) is 1. The Bertz CT molecular complexity index is 160. The van der Waals surface area contributed by atoms with Gasteiger partial charge >= 0.3 is 0 Å². The third-order valence-corrected chi connectivity index (χ3v) is 2.61. The van der Waals surface area contributed by atoms with Crippen LogP contribution in [0, 0.1) is 17.2 Å². The van der Waals surface area contributed by atoms with Gasteiger partial charge in [0, 0.05) is 19.5 Å². The van der Waals surface area contributed by atoms with Crippen LogP contribution < -0.4 is 0 Å². The summed E-state index contributed by atoms with van der Waals surface area (Å²) in [6, 6.07) is 2.20. The molecule has 1 atom stereocenters. The number of hydrogen-bond donors (Lipinski definition) is 0. The van der Waals surface area contributed by atoms with Crippen molar-refractivity contribution in [3.8, 4) is 6.07 Å². The lowest BCUT2D eigenvalue weighted by Gasteiger charge is -2.13. The topological polar surface area (TPSA) is 27.0 Å². The molecule has 0 aromatic carbocycles. The van der Waals surface area contributed by atoms with Crippen LogP contribution >= 0.6 is 0 Å². The monoisotopic (exact) mass is 166 g/mol. The van der Waals surface area contributed by atoms with E-state index in [0.29, 0.717) is 6.42 Å². The maximum atomic E-state index is 8.42. The Morgan fingerprint density at radius 3 is 3.08 bits per heavy atom. The molecule has 1 aliphatic heterocycles. The Morgan fingerprint density at radius 2 is 2.42 bits per heavy atom. The molecule has 0 N–H and O–H groups in total. The molecule has 2 heteroatoms. The van der Waals surface area contributed by atoms with Crippen LogP contribution in [0.4, 0.5) is 0 Å². The lowest BCUT2D eigenvalue weighted by atomic mass is 10.0. The molecule has 0 aromatic heterocycles. The van der Waals surface area contributed by atoms with Gasteiger partial charge in [-0.05, 0) is 25.3 Å². The highest BCUT2D eigenvalue weighted by molar-refractivity contribution is 4.79. The Hall–Kier alpha value is -0.550. The van der Waals surface area contributed by atoms with Crippen LogP contribution in [0.5, 0.6) is 0 Å². The van der Waals surface area contributed by atoms with Gasteiger partial charge in [-0.1, -0.05) is 13.3 Å². The first-order chi connectivity index (χ1) is 5.86. The molecular weight excluding hydrogens is 148 g/mol. The van der Waals surface area contributed by atoms with E-state index in [1.807, 2.05) is 0 Å². The average Bonchev–Trinajstić information content (AvgIpc) is 2.50. The first-order valence-corrected chi connectivity index (χ1v) is 4.96. The summed E-state index contributed by atoms with van der Waals surface area (Å²) in [7, 11) is 0. The fourth-order valence-corrected chi connectivity index (χ4v) is 1.97. The summed E-state index contributed by atoms with van der Waals surface area (Å²) >= 11 is 0. The minimum absolute atomic E-state index is 0.693. The zero-order valence-electron chi connectivity index (χ0n) is 7.92. The minimum Gasteiger partial charge on any atom is -0.302 e. The van der Waals surface area contributed by atoms with Gasteiger partial charge in [0.25, 0.3) is 0 Å². The highest BCUT2D eigenvalue weighted by Crippen LogP contribution is 2.20. The number of nitrogens with zero attached hydrogens (tertiary/aromatic N) is 2. The molecular formula is C10H18N2. The molecule has 0 spiro atoms. The smallest absolute Gasteiger partial charge is 0.0635 e. The molecule has 0 saturated carbocycles. The molecule has 2 nitrogen and oxygen atoms in total. The average molecular weight is 166 g/mol. The predicted molar refractivity (Wildman–Crippen MR) is 49.7 cm³/mol. The van der Waals surface area contributed by atoms with E-state index < -0.39 is 0 Å². The van der Waals surface area contributed by atoms with Crippen molar-refractivity contribution in [1.29, 1.82) is 5.26 Å². The Balaban J connectivity index is 2.13. The second kappa shape index (κ2) is 5.16. The lowest BCUT2D eigenvalue weighted by molar-refractivity contribution is 0.328. The molecule has 0 aliphatic carbocycles. The van der Waals surface area contributed by atoms with Gasteiger partial charge in [0.2, 0.25) is 0 Å². The Labute approximate surface area is 75.2 Å². The fourth-order valence-electron chi connectivity index (χ4n) is 1.97. The number of rotatable bonds is 4. The van der Waals surface area contributed by atoms with Crippen molar-refractivity contribution >= 4 is 0 Å². The van der Waals surface area contributed by atoms with Gasteiger partial charge in [0.15, 0.2) is 0 Å².